The van der Waals surface area contributed by atoms with Gasteiger partial charge in [-0.25, -0.2) is 9.37 Å². The number of imidazole rings is 1. The predicted octanol–water partition coefficient (Wildman–Crippen LogP) is 5.48. The summed E-state index contributed by atoms with van der Waals surface area (Å²) >= 11 is 0. The van der Waals surface area contributed by atoms with Crippen molar-refractivity contribution >= 4 is 11.0 Å². The minimum absolute atomic E-state index is 0.231. The Morgan fingerprint density at radius 3 is 2.65 bits per heavy atom. The molecule has 5 rings (SSSR count). The first kappa shape index (κ1) is 19.9. The molecule has 0 aliphatic carbocycles. The first-order valence-corrected chi connectivity index (χ1v) is 10.7. The van der Waals surface area contributed by atoms with Gasteiger partial charge in [0, 0.05) is 5.56 Å². The Balaban J connectivity index is 1.54. The molecule has 0 radical (unpaired) electrons. The Morgan fingerprint density at radius 2 is 1.87 bits per heavy atom. The molecule has 0 spiro atoms. The largest absolute Gasteiger partial charge is 0.361 e. The van der Waals surface area contributed by atoms with E-state index in [1.807, 2.05) is 36.4 Å². The quantitative estimate of drug-likeness (QED) is 0.453. The minimum Gasteiger partial charge on any atom is -0.361 e. The zero-order valence-electron chi connectivity index (χ0n) is 17.9. The molecule has 0 amide bonds. The van der Waals surface area contributed by atoms with Crippen molar-refractivity contribution in [1.82, 2.24) is 14.9 Å². The summed E-state index contributed by atoms with van der Waals surface area (Å²) in [6.07, 6.45) is 1.82. The lowest BCUT2D eigenvalue weighted by atomic mass is 9.81. The highest BCUT2D eigenvalue weighted by atomic mass is 19.1. The highest BCUT2D eigenvalue weighted by Gasteiger charge is 2.41. The van der Waals surface area contributed by atoms with Gasteiger partial charge in [0.1, 0.15) is 17.2 Å². The summed E-state index contributed by atoms with van der Waals surface area (Å²) in [7, 11) is 4.15. The van der Waals surface area contributed by atoms with Crippen LogP contribution >= 0.6 is 0 Å². The topological polar surface area (TPSA) is 41.1 Å². The number of nitrogens with one attached hydrogen (secondary N) is 1. The average Bonchev–Trinajstić information content (AvgIpc) is 3.36. The van der Waals surface area contributed by atoms with E-state index in [-0.39, 0.29) is 5.82 Å². The number of fused-ring (bicyclic) bond motifs is 2. The maximum absolute atomic E-state index is 13.6. The van der Waals surface area contributed by atoms with E-state index in [1.165, 1.54) is 12.1 Å². The van der Waals surface area contributed by atoms with Gasteiger partial charge in [0.2, 0.25) is 0 Å². The van der Waals surface area contributed by atoms with Gasteiger partial charge in [-0.2, -0.15) is 0 Å². The zero-order chi connectivity index (χ0) is 21.4. The summed E-state index contributed by atoms with van der Waals surface area (Å²) in [5.74, 6) is 0.626. The molecule has 5 heteroatoms. The van der Waals surface area contributed by atoms with Gasteiger partial charge in [0.25, 0.3) is 0 Å². The molecule has 1 aliphatic heterocycles. The van der Waals surface area contributed by atoms with Crippen molar-refractivity contribution in [3.8, 4) is 11.4 Å². The lowest BCUT2D eigenvalue weighted by Gasteiger charge is -2.31. The number of H-pyrrole nitrogens is 1. The summed E-state index contributed by atoms with van der Waals surface area (Å²) in [4.78, 5) is 10.3. The molecule has 1 aliphatic rings. The summed E-state index contributed by atoms with van der Waals surface area (Å²) in [6, 6.07) is 21.2. The Hall–Kier alpha value is -3.02. The lowest BCUT2D eigenvalue weighted by Crippen LogP contribution is -2.28. The molecule has 1 unspecified atom stereocenters. The van der Waals surface area contributed by atoms with Crippen molar-refractivity contribution < 1.29 is 9.13 Å². The summed E-state index contributed by atoms with van der Waals surface area (Å²) < 4.78 is 20.1. The average molecular weight is 416 g/mol. The first-order chi connectivity index (χ1) is 15.0. The fourth-order valence-electron chi connectivity index (χ4n) is 4.58. The van der Waals surface area contributed by atoms with Crippen molar-refractivity contribution in [2.45, 2.75) is 25.0 Å². The molecule has 1 atom stereocenters. The van der Waals surface area contributed by atoms with Gasteiger partial charge >= 0.3 is 0 Å². The van der Waals surface area contributed by atoms with Gasteiger partial charge in [-0.15, -0.1) is 0 Å². The van der Waals surface area contributed by atoms with Crippen LogP contribution < -0.4 is 0 Å². The maximum atomic E-state index is 13.6. The molecule has 4 nitrogen and oxygen atoms in total. The van der Waals surface area contributed by atoms with Crippen LogP contribution in [0.3, 0.4) is 0 Å². The normalized spacial score (nSPS) is 18.1. The van der Waals surface area contributed by atoms with Crippen LogP contribution in [0.15, 0.2) is 66.7 Å². The second kappa shape index (κ2) is 7.91. The predicted molar refractivity (Wildman–Crippen MR) is 121 cm³/mol. The lowest BCUT2D eigenvalue weighted by molar-refractivity contribution is -0.0140. The van der Waals surface area contributed by atoms with Gasteiger partial charge in [-0.1, -0.05) is 36.4 Å². The van der Waals surface area contributed by atoms with Crippen LogP contribution in [0.5, 0.6) is 0 Å². The number of aromatic nitrogens is 2. The third kappa shape index (κ3) is 3.64. The molecule has 31 heavy (non-hydrogen) atoms. The molecule has 0 bridgehead atoms. The fraction of sp³-hybridized carbons (Fsp3) is 0.269. The number of hydrogen-bond donors (Lipinski definition) is 1. The summed E-state index contributed by atoms with van der Waals surface area (Å²) in [5.41, 5.74) is 5.80. The van der Waals surface area contributed by atoms with Crippen molar-refractivity contribution in [3.05, 3.63) is 89.2 Å². The van der Waals surface area contributed by atoms with E-state index in [0.717, 1.165) is 58.5 Å². The van der Waals surface area contributed by atoms with Crippen molar-refractivity contribution in [3.63, 3.8) is 0 Å². The smallest absolute Gasteiger partial charge is 0.138 e. The molecule has 158 valence electrons. The van der Waals surface area contributed by atoms with Crippen LogP contribution in [0.4, 0.5) is 4.39 Å². The summed E-state index contributed by atoms with van der Waals surface area (Å²) in [6.45, 7) is 1.50. The Labute approximate surface area is 181 Å². The highest BCUT2D eigenvalue weighted by molar-refractivity contribution is 5.79. The number of halogens is 1. The van der Waals surface area contributed by atoms with Crippen molar-refractivity contribution in [2.24, 2.45) is 0 Å². The standard InChI is InChI=1S/C26H26FN3O/c1-30(2)15-5-14-26(20-9-11-21(27)12-10-20)22-13-8-18(16-19(22)17-31-26)25-28-23-6-3-4-7-24(23)29-25/h3-4,6-13,16H,5,14-15,17H2,1-2H3,(H,28,29). The second-order valence-corrected chi connectivity index (χ2v) is 8.50. The highest BCUT2D eigenvalue weighted by Crippen LogP contribution is 2.46. The Kier molecular flexibility index (Phi) is 5.08. The van der Waals surface area contributed by atoms with Crippen LogP contribution in [-0.2, 0) is 16.9 Å². The van der Waals surface area contributed by atoms with Crippen LogP contribution in [0.1, 0.15) is 29.5 Å². The maximum Gasteiger partial charge on any atom is 0.138 e. The number of ether oxygens (including phenoxy) is 1. The van der Waals surface area contributed by atoms with E-state index in [4.69, 9.17) is 9.72 Å². The van der Waals surface area contributed by atoms with Crippen molar-refractivity contribution in [2.75, 3.05) is 20.6 Å². The van der Waals surface area contributed by atoms with Crippen LogP contribution in [-0.4, -0.2) is 35.5 Å². The van der Waals surface area contributed by atoms with Gasteiger partial charge in [-0.05, 0) is 80.5 Å². The van der Waals surface area contributed by atoms with Gasteiger partial charge in [0.05, 0.1) is 17.6 Å². The molecule has 1 aromatic heterocycles. The molecular weight excluding hydrogens is 389 g/mol. The SMILES string of the molecule is CN(C)CCCC1(c2ccc(F)cc2)OCc2cc(-c3nc4ccccc4[nH]3)ccc21. The molecular formula is C26H26FN3O. The van der Waals surface area contributed by atoms with Crippen LogP contribution in [0.2, 0.25) is 0 Å². The number of hydrogen-bond acceptors (Lipinski definition) is 3. The molecule has 0 saturated heterocycles. The van der Waals surface area contributed by atoms with Gasteiger partial charge in [0.15, 0.2) is 0 Å². The second-order valence-electron chi connectivity index (χ2n) is 8.50. The third-order valence-corrected chi connectivity index (χ3v) is 6.12. The molecule has 1 N–H and O–H groups in total. The van der Waals surface area contributed by atoms with E-state index in [1.54, 1.807) is 0 Å². The first-order valence-electron chi connectivity index (χ1n) is 10.7. The van der Waals surface area contributed by atoms with Gasteiger partial charge in [-0.3, -0.25) is 0 Å². The van der Waals surface area contributed by atoms with Gasteiger partial charge < -0.3 is 14.6 Å². The van der Waals surface area contributed by atoms with E-state index >= 15 is 0 Å². The number of para-hydroxylation sites is 2. The molecule has 2 heterocycles. The molecule has 0 saturated carbocycles. The van der Waals surface area contributed by atoms with E-state index in [0.29, 0.717) is 6.61 Å². The molecule has 4 aromatic rings. The number of benzene rings is 3. The molecule has 3 aromatic carbocycles. The van der Waals surface area contributed by atoms with E-state index < -0.39 is 5.60 Å². The number of aromatic amines is 1. The number of rotatable bonds is 6. The fourth-order valence-corrected chi connectivity index (χ4v) is 4.58. The van der Waals surface area contributed by atoms with Crippen LogP contribution in [0.25, 0.3) is 22.4 Å². The third-order valence-electron chi connectivity index (χ3n) is 6.12. The Bertz CT molecular complexity index is 1180. The van der Waals surface area contributed by atoms with Crippen LogP contribution in [0, 0.1) is 5.82 Å². The zero-order valence-corrected chi connectivity index (χ0v) is 17.9. The number of nitrogens with zero attached hydrogens (tertiary/aromatic N) is 2. The Morgan fingerprint density at radius 1 is 1.06 bits per heavy atom. The summed E-state index contributed by atoms with van der Waals surface area (Å²) in [5, 5.41) is 0. The molecule has 0 fully saturated rings. The van der Waals surface area contributed by atoms with Crippen molar-refractivity contribution in [1.29, 1.82) is 0 Å². The monoisotopic (exact) mass is 415 g/mol. The van der Waals surface area contributed by atoms with E-state index in [9.17, 15) is 4.39 Å². The minimum atomic E-state index is -0.550. The van der Waals surface area contributed by atoms with E-state index in [2.05, 4.69) is 42.2 Å².